The Balaban J connectivity index is 2.45. The molecule has 1 aromatic carbocycles. The molecular formula is C9H8BrN3O2. The molecule has 6 heteroatoms. The molecule has 3 amide bonds. The fraction of sp³-hybridized carbons (Fsp3) is 0.111. The molecule has 78 valence electrons. The largest absolute Gasteiger partial charge is 0.397 e. The number of nitrogens with two attached hydrogens (primary N) is 1. The average Bonchev–Trinajstić information content (AvgIpc) is 2.48. The second-order valence-electron chi connectivity index (χ2n) is 3.09. The molecule has 1 aromatic rings. The molecule has 0 saturated carbocycles. The van der Waals surface area contributed by atoms with E-state index in [1.807, 2.05) is 0 Å². The molecule has 0 aliphatic carbocycles. The van der Waals surface area contributed by atoms with Crippen molar-refractivity contribution in [2.24, 2.45) is 0 Å². The first-order valence-electron chi connectivity index (χ1n) is 4.25. The Morgan fingerprint density at radius 1 is 1.40 bits per heavy atom. The molecule has 1 fully saturated rings. The van der Waals surface area contributed by atoms with Gasteiger partial charge in [-0.25, -0.2) is 9.69 Å². The molecule has 0 bridgehead atoms. The van der Waals surface area contributed by atoms with E-state index < -0.39 is 6.03 Å². The van der Waals surface area contributed by atoms with E-state index in [-0.39, 0.29) is 12.5 Å². The summed E-state index contributed by atoms with van der Waals surface area (Å²) in [6.07, 6.45) is 0. The van der Waals surface area contributed by atoms with Gasteiger partial charge in [-0.15, -0.1) is 0 Å². The highest BCUT2D eigenvalue weighted by molar-refractivity contribution is 9.10. The van der Waals surface area contributed by atoms with Crippen LogP contribution in [0.1, 0.15) is 0 Å². The number of hydrogen-bond donors (Lipinski definition) is 2. The van der Waals surface area contributed by atoms with Crippen LogP contribution >= 0.6 is 15.9 Å². The third kappa shape index (κ3) is 1.68. The Kier molecular flexibility index (Phi) is 2.36. The molecule has 1 aliphatic rings. The zero-order valence-corrected chi connectivity index (χ0v) is 9.24. The number of nitrogen functional groups attached to an aromatic ring is 1. The van der Waals surface area contributed by atoms with E-state index in [9.17, 15) is 9.59 Å². The van der Waals surface area contributed by atoms with Gasteiger partial charge in [-0.1, -0.05) is 15.9 Å². The first-order chi connectivity index (χ1) is 7.09. The molecule has 1 heterocycles. The van der Waals surface area contributed by atoms with E-state index >= 15 is 0 Å². The summed E-state index contributed by atoms with van der Waals surface area (Å²) >= 11 is 3.25. The van der Waals surface area contributed by atoms with Gasteiger partial charge in [0, 0.05) is 4.47 Å². The van der Waals surface area contributed by atoms with E-state index in [4.69, 9.17) is 5.73 Å². The van der Waals surface area contributed by atoms with Crippen molar-refractivity contribution in [1.82, 2.24) is 5.32 Å². The van der Waals surface area contributed by atoms with E-state index in [1.165, 1.54) is 0 Å². The maximum absolute atomic E-state index is 11.4. The van der Waals surface area contributed by atoms with Crippen LogP contribution in [0.3, 0.4) is 0 Å². The van der Waals surface area contributed by atoms with E-state index in [0.717, 1.165) is 9.37 Å². The number of amides is 3. The third-order valence-electron chi connectivity index (χ3n) is 2.07. The minimum atomic E-state index is -0.436. The number of benzene rings is 1. The number of anilines is 2. The quantitative estimate of drug-likeness (QED) is 0.592. The topological polar surface area (TPSA) is 75.4 Å². The van der Waals surface area contributed by atoms with E-state index in [0.29, 0.717) is 11.4 Å². The highest BCUT2D eigenvalue weighted by atomic mass is 79.9. The number of halogens is 1. The molecule has 0 unspecified atom stereocenters. The fourth-order valence-electron chi connectivity index (χ4n) is 1.40. The van der Waals surface area contributed by atoms with Crippen molar-refractivity contribution in [3.8, 4) is 0 Å². The third-order valence-corrected chi connectivity index (χ3v) is 2.57. The van der Waals surface area contributed by atoms with Crippen LogP contribution in [0.25, 0.3) is 0 Å². The lowest BCUT2D eigenvalue weighted by Crippen LogP contribution is -2.31. The predicted molar refractivity (Wildman–Crippen MR) is 59.4 cm³/mol. The van der Waals surface area contributed by atoms with E-state index in [1.54, 1.807) is 18.2 Å². The second-order valence-corrected chi connectivity index (χ2v) is 4.01. The first kappa shape index (κ1) is 9.97. The minimum Gasteiger partial charge on any atom is -0.397 e. The summed E-state index contributed by atoms with van der Waals surface area (Å²) in [5, 5.41) is 2.43. The van der Waals surface area contributed by atoms with Gasteiger partial charge in [-0.2, -0.15) is 0 Å². The van der Waals surface area contributed by atoms with Crippen molar-refractivity contribution in [2.45, 2.75) is 0 Å². The van der Waals surface area contributed by atoms with Crippen molar-refractivity contribution in [2.75, 3.05) is 17.2 Å². The number of nitrogens with one attached hydrogen (secondary N) is 1. The van der Waals surface area contributed by atoms with Gasteiger partial charge in [0.25, 0.3) is 5.91 Å². The summed E-state index contributed by atoms with van der Waals surface area (Å²) in [6.45, 7) is 0.0222. The summed E-state index contributed by atoms with van der Waals surface area (Å²) < 4.78 is 0.802. The lowest BCUT2D eigenvalue weighted by molar-refractivity contribution is -0.115. The number of rotatable bonds is 1. The van der Waals surface area contributed by atoms with E-state index in [2.05, 4.69) is 21.2 Å². The molecule has 2 rings (SSSR count). The molecule has 1 saturated heterocycles. The summed E-state index contributed by atoms with van der Waals surface area (Å²) in [6, 6.07) is 4.56. The number of carbonyl (C=O) groups excluding carboxylic acids is 2. The van der Waals surface area contributed by atoms with Crippen LogP contribution < -0.4 is 16.0 Å². The first-order valence-corrected chi connectivity index (χ1v) is 5.04. The molecule has 1 aliphatic heterocycles. The van der Waals surface area contributed by atoms with Gasteiger partial charge in [-0.3, -0.25) is 4.79 Å². The van der Waals surface area contributed by atoms with Crippen molar-refractivity contribution in [1.29, 1.82) is 0 Å². The second kappa shape index (κ2) is 3.54. The number of urea groups is 1. The van der Waals surface area contributed by atoms with Crippen LogP contribution in [0.15, 0.2) is 22.7 Å². The normalized spacial score (nSPS) is 15.7. The Bertz CT molecular complexity index is 431. The Morgan fingerprint density at radius 2 is 2.13 bits per heavy atom. The van der Waals surface area contributed by atoms with Crippen LogP contribution in [0.4, 0.5) is 16.2 Å². The van der Waals surface area contributed by atoms with Gasteiger partial charge < -0.3 is 11.1 Å². The Morgan fingerprint density at radius 3 is 2.67 bits per heavy atom. The number of hydrogen-bond acceptors (Lipinski definition) is 3. The predicted octanol–water partition coefficient (Wildman–Crippen LogP) is 1.09. The molecule has 0 radical (unpaired) electrons. The summed E-state index contributed by atoms with van der Waals surface area (Å²) in [7, 11) is 0. The van der Waals surface area contributed by atoms with Gasteiger partial charge in [0.1, 0.15) is 0 Å². The maximum Gasteiger partial charge on any atom is 0.329 e. The number of carbonyl (C=O) groups is 2. The molecular weight excluding hydrogens is 262 g/mol. The van der Waals surface area contributed by atoms with Gasteiger partial charge >= 0.3 is 6.03 Å². The van der Waals surface area contributed by atoms with Gasteiger partial charge in [-0.05, 0) is 18.2 Å². The SMILES string of the molecule is Nc1cc(Br)ccc1N1C(=O)CNC1=O. The van der Waals surface area contributed by atoms with Crippen molar-refractivity contribution in [3.05, 3.63) is 22.7 Å². The van der Waals surface area contributed by atoms with Gasteiger partial charge in [0.05, 0.1) is 17.9 Å². The lowest BCUT2D eigenvalue weighted by Gasteiger charge is -2.14. The van der Waals surface area contributed by atoms with Crippen LogP contribution in [-0.2, 0) is 4.79 Å². The van der Waals surface area contributed by atoms with Crippen molar-refractivity contribution >= 4 is 39.2 Å². The Hall–Kier alpha value is -1.56. The highest BCUT2D eigenvalue weighted by Gasteiger charge is 2.31. The number of nitrogens with zero attached hydrogens (tertiary/aromatic N) is 1. The average molecular weight is 270 g/mol. The van der Waals surface area contributed by atoms with Gasteiger partial charge in [0.15, 0.2) is 0 Å². The molecule has 0 atom stereocenters. The zero-order chi connectivity index (χ0) is 11.0. The molecule has 0 aromatic heterocycles. The fourth-order valence-corrected chi connectivity index (χ4v) is 1.77. The lowest BCUT2D eigenvalue weighted by atomic mass is 10.2. The summed E-state index contributed by atoms with van der Waals surface area (Å²) in [5.74, 6) is -0.297. The minimum absolute atomic E-state index is 0.0222. The molecule has 15 heavy (non-hydrogen) atoms. The smallest absolute Gasteiger partial charge is 0.329 e. The maximum atomic E-state index is 11.4. The van der Waals surface area contributed by atoms with Crippen molar-refractivity contribution < 1.29 is 9.59 Å². The van der Waals surface area contributed by atoms with Crippen LogP contribution in [-0.4, -0.2) is 18.5 Å². The number of imide groups is 1. The molecule has 3 N–H and O–H groups in total. The van der Waals surface area contributed by atoms with Crippen LogP contribution in [0.2, 0.25) is 0 Å². The van der Waals surface area contributed by atoms with Gasteiger partial charge in [0.2, 0.25) is 0 Å². The standard InChI is InChI=1S/C9H8BrN3O2/c10-5-1-2-7(6(11)3-5)13-8(14)4-12-9(13)15/h1-3H,4,11H2,(H,12,15). The molecule has 0 spiro atoms. The monoisotopic (exact) mass is 269 g/mol. The summed E-state index contributed by atoms with van der Waals surface area (Å²) in [5.41, 5.74) is 6.52. The molecule has 5 nitrogen and oxygen atoms in total. The highest BCUT2D eigenvalue weighted by Crippen LogP contribution is 2.27. The van der Waals surface area contributed by atoms with Crippen LogP contribution in [0.5, 0.6) is 0 Å². The van der Waals surface area contributed by atoms with Crippen molar-refractivity contribution in [3.63, 3.8) is 0 Å². The van der Waals surface area contributed by atoms with Crippen LogP contribution in [0, 0.1) is 0 Å². The zero-order valence-electron chi connectivity index (χ0n) is 7.66. The summed E-state index contributed by atoms with van der Waals surface area (Å²) in [4.78, 5) is 23.8. The Labute approximate surface area is 94.4 Å².